The largest absolute Gasteiger partial charge is 0.374 e. The van der Waals surface area contributed by atoms with Gasteiger partial charge in [0.15, 0.2) is 0 Å². The maximum atomic E-state index is 11.8. The summed E-state index contributed by atoms with van der Waals surface area (Å²) in [6.45, 7) is 7.78. The van der Waals surface area contributed by atoms with Crippen molar-refractivity contribution in [1.29, 1.82) is 0 Å². The van der Waals surface area contributed by atoms with Gasteiger partial charge in [-0.15, -0.1) is 0 Å². The molecule has 0 aromatic heterocycles. The zero-order valence-corrected chi connectivity index (χ0v) is 12.3. The first kappa shape index (κ1) is 14.0. The van der Waals surface area contributed by atoms with E-state index in [1.807, 2.05) is 45.9 Å². The fourth-order valence-corrected chi connectivity index (χ4v) is 1.84. The van der Waals surface area contributed by atoms with Crippen molar-refractivity contribution in [2.75, 3.05) is 5.32 Å². The minimum absolute atomic E-state index is 0.0133. The van der Waals surface area contributed by atoms with Crippen LogP contribution in [0.25, 0.3) is 0 Å². The zero-order chi connectivity index (χ0) is 13.0. The van der Waals surface area contributed by atoms with E-state index in [-0.39, 0.29) is 18.0 Å². The van der Waals surface area contributed by atoms with Gasteiger partial charge in [0.1, 0.15) is 6.04 Å². The number of amides is 1. The number of benzene rings is 1. The van der Waals surface area contributed by atoms with Gasteiger partial charge < -0.3 is 10.6 Å². The van der Waals surface area contributed by atoms with Crippen LogP contribution in [0.4, 0.5) is 5.69 Å². The standard InChI is InChI=1S/C13H19BrN2O/c1-8(2)15-13(17)10(4)16-12-7-5-6-11(14)9(12)3/h5-8,10,16H,1-4H3,(H,15,17). The monoisotopic (exact) mass is 298 g/mol. The van der Waals surface area contributed by atoms with E-state index in [9.17, 15) is 4.79 Å². The van der Waals surface area contributed by atoms with Gasteiger partial charge in [-0.2, -0.15) is 0 Å². The first-order valence-corrected chi connectivity index (χ1v) is 6.53. The number of hydrogen-bond donors (Lipinski definition) is 2. The van der Waals surface area contributed by atoms with E-state index in [2.05, 4.69) is 26.6 Å². The van der Waals surface area contributed by atoms with E-state index in [1.165, 1.54) is 0 Å². The van der Waals surface area contributed by atoms with Gasteiger partial charge in [0.05, 0.1) is 0 Å². The molecule has 1 atom stereocenters. The number of rotatable bonds is 4. The molecule has 0 spiro atoms. The molecule has 1 aromatic rings. The molecule has 2 N–H and O–H groups in total. The van der Waals surface area contributed by atoms with Crippen molar-refractivity contribution in [3.8, 4) is 0 Å². The second-order valence-electron chi connectivity index (χ2n) is 4.44. The molecule has 0 saturated heterocycles. The molecule has 0 radical (unpaired) electrons. The van der Waals surface area contributed by atoms with Crippen molar-refractivity contribution in [2.45, 2.75) is 39.8 Å². The third-order valence-corrected chi connectivity index (χ3v) is 3.32. The summed E-state index contributed by atoms with van der Waals surface area (Å²) < 4.78 is 1.04. The summed E-state index contributed by atoms with van der Waals surface area (Å²) in [5, 5.41) is 6.10. The predicted octanol–water partition coefficient (Wildman–Crippen LogP) is 3.08. The highest BCUT2D eigenvalue weighted by Gasteiger charge is 2.14. The normalized spacial score (nSPS) is 12.4. The van der Waals surface area contributed by atoms with Crippen LogP contribution in [0, 0.1) is 6.92 Å². The Morgan fingerprint density at radius 1 is 1.29 bits per heavy atom. The fraction of sp³-hybridized carbons (Fsp3) is 0.462. The summed E-state index contributed by atoms with van der Waals surface area (Å²) in [6, 6.07) is 5.83. The van der Waals surface area contributed by atoms with Gasteiger partial charge in [-0.05, 0) is 45.4 Å². The average molecular weight is 299 g/mol. The second-order valence-corrected chi connectivity index (χ2v) is 5.30. The molecule has 0 aliphatic carbocycles. The third kappa shape index (κ3) is 4.04. The van der Waals surface area contributed by atoms with Gasteiger partial charge in [0.2, 0.25) is 5.91 Å². The van der Waals surface area contributed by atoms with Gasteiger partial charge >= 0.3 is 0 Å². The lowest BCUT2D eigenvalue weighted by Gasteiger charge is -2.18. The molecule has 3 nitrogen and oxygen atoms in total. The Balaban J connectivity index is 2.71. The van der Waals surface area contributed by atoms with Crippen molar-refractivity contribution in [3.05, 3.63) is 28.2 Å². The molecule has 0 fully saturated rings. The quantitative estimate of drug-likeness (QED) is 0.897. The summed E-state index contributed by atoms with van der Waals surface area (Å²) in [5.74, 6) is 0.0133. The summed E-state index contributed by atoms with van der Waals surface area (Å²) >= 11 is 3.47. The number of anilines is 1. The summed E-state index contributed by atoms with van der Waals surface area (Å²) in [4.78, 5) is 11.8. The number of nitrogens with one attached hydrogen (secondary N) is 2. The number of halogens is 1. The first-order chi connectivity index (χ1) is 7.91. The Morgan fingerprint density at radius 2 is 1.94 bits per heavy atom. The van der Waals surface area contributed by atoms with Gasteiger partial charge in [-0.3, -0.25) is 4.79 Å². The van der Waals surface area contributed by atoms with E-state index < -0.39 is 0 Å². The van der Waals surface area contributed by atoms with Crippen molar-refractivity contribution in [3.63, 3.8) is 0 Å². The molecular formula is C13H19BrN2O. The van der Waals surface area contributed by atoms with Crippen molar-refractivity contribution in [2.24, 2.45) is 0 Å². The highest BCUT2D eigenvalue weighted by atomic mass is 79.9. The highest BCUT2D eigenvalue weighted by molar-refractivity contribution is 9.10. The lowest BCUT2D eigenvalue weighted by Crippen LogP contribution is -2.41. The molecule has 94 valence electrons. The Kier molecular flexibility index (Phi) is 5.00. The average Bonchev–Trinajstić information content (AvgIpc) is 2.23. The number of carbonyl (C=O) groups is 1. The molecule has 1 rings (SSSR count). The molecule has 0 aliphatic rings. The van der Waals surface area contributed by atoms with Crippen molar-refractivity contribution in [1.82, 2.24) is 5.32 Å². The molecule has 0 bridgehead atoms. The smallest absolute Gasteiger partial charge is 0.242 e. The van der Waals surface area contributed by atoms with Crippen LogP contribution in [-0.2, 0) is 4.79 Å². The maximum Gasteiger partial charge on any atom is 0.242 e. The zero-order valence-electron chi connectivity index (χ0n) is 10.7. The predicted molar refractivity (Wildman–Crippen MR) is 75.2 cm³/mol. The van der Waals surface area contributed by atoms with Gasteiger partial charge in [-0.25, -0.2) is 0 Å². The highest BCUT2D eigenvalue weighted by Crippen LogP contribution is 2.23. The van der Waals surface area contributed by atoms with Gasteiger partial charge in [0, 0.05) is 16.2 Å². The van der Waals surface area contributed by atoms with Crippen LogP contribution < -0.4 is 10.6 Å². The Morgan fingerprint density at radius 3 is 2.53 bits per heavy atom. The van der Waals surface area contributed by atoms with Crippen LogP contribution in [0.2, 0.25) is 0 Å². The van der Waals surface area contributed by atoms with Crippen LogP contribution in [0.1, 0.15) is 26.3 Å². The SMILES string of the molecule is Cc1c(Br)cccc1NC(C)C(=O)NC(C)C. The molecule has 1 aromatic carbocycles. The molecule has 0 aliphatic heterocycles. The van der Waals surface area contributed by atoms with Crippen LogP contribution in [0.15, 0.2) is 22.7 Å². The molecule has 4 heteroatoms. The Bertz CT molecular complexity index is 404. The first-order valence-electron chi connectivity index (χ1n) is 5.74. The lowest BCUT2D eigenvalue weighted by molar-refractivity contribution is -0.122. The van der Waals surface area contributed by atoms with Gasteiger partial charge in [0.25, 0.3) is 0 Å². The minimum atomic E-state index is -0.245. The summed E-state index contributed by atoms with van der Waals surface area (Å²) in [5.41, 5.74) is 2.09. The molecular weight excluding hydrogens is 280 g/mol. The van der Waals surface area contributed by atoms with Crippen LogP contribution in [0.5, 0.6) is 0 Å². The minimum Gasteiger partial charge on any atom is -0.374 e. The van der Waals surface area contributed by atoms with E-state index in [0.717, 1.165) is 15.7 Å². The Labute approximate surface area is 111 Å². The Hall–Kier alpha value is -1.03. The molecule has 17 heavy (non-hydrogen) atoms. The van der Waals surface area contributed by atoms with E-state index in [0.29, 0.717) is 0 Å². The summed E-state index contributed by atoms with van der Waals surface area (Å²) in [6.07, 6.45) is 0. The number of carbonyl (C=O) groups excluding carboxylic acids is 1. The second kappa shape index (κ2) is 6.05. The van der Waals surface area contributed by atoms with Crippen LogP contribution in [-0.4, -0.2) is 18.0 Å². The maximum absolute atomic E-state index is 11.8. The molecule has 1 amide bonds. The molecule has 0 saturated carbocycles. The van der Waals surface area contributed by atoms with Crippen molar-refractivity contribution < 1.29 is 4.79 Å². The van der Waals surface area contributed by atoms with E-state index in [1.54, 1.807) is 0 Å². The van der Waals surface area contributed by atoms with Crippen LogP contribution in [0.3, 0.4) is 0 Å². The van der Waals surface area contributed by atoms with Gasteiger partial charge in [-0.1, -0.05) is 22.0 Å². The number of hydrogen-bond acceptors (Lipinski definition) is 2. The third-order valence-electron chi connectivity index (χ3n) is 2.46. The fourth-order valence-electron chi connectivity index (χ4n) is 1.47. The topological polar surface area (TPSA) is 41.1 Å². The van der Waals surface area contributed by atoms with Crippen molar-refractivity contribution >= 4 is 27.5 Å². The van der Waals surface area contributed by atoms with Crippen LogP contribution >= 0.6 is 15.9 Å². The molecule has 1 unspecified atom stereocenters. The summed E-state index contributed by atoms with van der Waals surface area (Å²) in [7, 11) is 0. The lowest BCUT2D eigenvalue weighted by atomic mass is 10.2. The van der Waals surface area contributed by atoms with E-state index >= 15 is 0 Å². The molecule has 0 heterocycles. The van der Waals surface area contributed by atoms with E-state index in [4.69, 9.17) is 0 Å².